The van der Waals surface area contributed by atoms with E-state index in [9.17, 15) is 24.6 Å². The molecule has 7 rings (SSSR count). The van der Waals surface area contributed by atoms with Gasteiger partial charge in [-0.3, -0.25) is 9.59 Å². The third-order valence-corrected chi connectivity index (χ3v) is 10.5. The van der Waals surface area contributed by atoms with Crippen LogP contribution in [-0.4, -0.2) is 50.2 Å². The molecule has 46 heavy (non-hydrogen) atoms. The van der Waals surface area contributed by atoms with E-state index in [2.05, 4.69) is 19.9 Å². The molecule has 1 spiro atoms. The molecule has 1 saturated heterocycles. The molecule has 1 aromatic carbocycles. The van der Waals surface area contributed by atoms with Crippen molar-refractivity contribution in [1.82, 2.24) is 0 Å². The van der Waals surface area contributed by atoms with Gasteiger partial charge in [0.05, 0.1) is 11.2 Å². The maximum Gasteiger partial charge on any atom is 0.330 e. The predicted octanol–water partition coefficient (Wildman–Crippen LogP) is 7.24. The number of phenols is 1. The molecular formula is C38H44O8. The Labute approximate surface area is 270 Å². The fourth-order valence-electron chi connectivity index (χ4n) is 8.17. The molecular weight excluding hydrogens is 584 g/mol. The Bertz CT molecular complexity index is 1730. The van der Waals surface area contributed by atoms with Gasteiger partial charge in [-0.25, -0.2) is 4.79 Å². The van der Waals surface area contributed by atoms with Crippen molar-refractivity contribution in [2.24, 2.45) is 11.8 Å². The maximum atomic E-state index is 14.7. The van der Waals surface area contributed by atoms with Gasteiger partial charge >= 0.3 is 5.97 Å². The lowest BCUT2D eigenvalue weighted by Gasteiger charge is -2.56. The third-order valence-electron chi connectivity index (χ3n) is 10.5. The van der Waals surface area contributed by atoms with E-state index >= 15 is 0 Å². The van der Waals surface area contributed by atoms with Crippen LogP contribution in [0, 0.1) is 11.8 Å². The number of ether oxygens (including phenoxy) is 3. The summed E-state index contributed by atoms with van der Waals surface area (Å²) in [7, 11) is 0. The zero-order valence-electron chi connectivity index (χ0n) is 28.0. The number of allylic oxidation sites excluding steroid dienone is 5. The standard InChI is InChI=1S/C38H44O8/c1-20(2)10-9-15-36(8)16-14-24-29(39)28-30(40)26-18-23-19-27-35(6,7)46-37(33(23)41,17-13-22(5)34(42)43)38(26,27)45-32(28)25(31(24)44-36)12-11-21(3)4/h10-11,13-14,16,18,23,27,39H,9,12,15,17,19H2,1-8H3,(H,42,43)/b22-13+/t23-,27-,36-,37-,38-/m0/s1. The van der Waals surface area contributed by atoms with Gasteiger partial charge in [-0.2, -0.15) is 0 Å². The summed E-state index contributed by atoms with van der Waals surface area (Å²) in [5, 5.41) is 21.4. The minimum atomic E-state index is -1.63. The second kappa shape index (κ2) is 10.6. The maximum absolute atomic E-state index is 14.7. The highest BCUT2D eigenvalue weighted by Gasteiger charge is 2.81. The monoisotopic (exact) mass is 628 g/mol. The van der Waals surface area contributed by atoms with E-state index in [1.54, 1.807) is 6.08 Å². The normalized spacial score (nSPS) is 31.2. The van der Waals surface area contributed by atoms with Crippen LogP contribution in [0.15, 0.2) is 52.7 Å². The fraction of sp³-hybridized carbons (Fsp3) is 0.500. The van der Waals surface area contributed by atoms with Crippen LogP contribution in [0.25, 0.3) is 6.08 Å². The lowest BCUT2D eigenvalue weighted by molar-refractivity contribution is -0.171. The number of aromatic hydroxyl groups is 1. The van der Waals surface area contributed by atoms with E-state index in [4.69, 9.17) is 14.2 Å². The molecule has 0 radical (unpaired) electrons. The molecule has 6 aliphatic rings. The van der Waals surface area contributed by atoms with Crippen LogP contribution in [0.4, 0.5) is 0 Å². The van der Waals surface area contributed by atoms with E-state index in [-0.39, 0.29) is 40.8 Å². The van der Waals surface area contributed by atoms with Gasteiger partial charge in [0, 0.05) is 35.0 Å². The van der Waals surface area contributed by atoms with Crippen molar-refractivity contribution in [3.8, 4) is 17.2 Å². The van der Waals surface area contributed by atoms with Crippen molar-refractivity contribution in [2.45, 2.75) is 110 Å². The molecule has 2 fully saturated rings. The Morgan fingerprint density at radius 2 is 1.70 bits per heavy atom. The molecule has 1 saturated carbocycles. The van der Waals surface area contributed by atoms with Gasteiger partial charge in [0.15, 0.2) is 22.8 Å². The van der Waals surface area contributed by atoms with Gasteiger partial charge in [0.2, 0.25) is 0 Å². The van der Waals surface area contributed by atoms with Gasteiger partial charge < -0.3 is 24.4 Å². The number of benzene rings is 1. The summed E-state index contributed by atoms with van der Waals surface area (Å²) in [6, 6.07) is 0. The Hall–Kier alpha value is -3.91. The summed E-state index contributed by atoms with van der Waals surface area (Å²) in [5.74, 6) is -2.28. The van der Waals surface area contributed by atoms with Gasteiger partial charge in [-0.05, 0) is 93.2 Å². The first kappa shape index (κ1) is 32.0. The first-order valence-electron chi connectivity index (χ1n) is 16.2. The second-order valence-corrected chi connectivity index (χ2v) is 14.8. The lowest BCUT2D eigenvalue weighted by Crippen LogP contribution is -2.72. The quantitative estimate of drug-likeness (QED) is 0.228. The summed E-state index contributed by atoms with van der Waals surface area (Å²) in [5.41, 5.74) is -0.952. The molecule has 8 nitrogen and oxygen atoms in total. The van der Waals surface area contributed by atoms with Crippen molar-refractivity contribution in [2.75, 3.05) is 0 Å². The first-order valence-corrected chi connectivity index (χ1v) is 16.2. The van der Waals surface area contributed by atoms with Crippen molar-refractivity contribution in [3.05, 3.63) is 69.4 Å². The van der Waals surface area contributed by atoms with Crippen LogP contribution in [0.5, 0.6) is 17.2 Å². The number of hydrogen-bond acceptors (Lipinski definition) is 7. The Morgan fingerprint density at radius 3 is 2.35 bits per heavy atom. The molecule has 5 atom stereocenters. The Kier molecular flexibility index (Phi) is 7.36. The average molecular weight is 629 g/mol. The SMILES string of the molecule is CC(C)=CCC[C@@]1(C)C=Cc2c(O)c3c(c(CC=C(C)C)c2O1)O[C@@]12C(=C[C@H]4C[C@H]1C(C)(C)O[C@@]2(C/C=C(\C)C(=O)O)C4=O)C3=O. The molecule has 3 heterocycles. The van der Waals surface area contributed by atoms with Gasteiger partial charge in [-0.15, -0.1) is 0 Å². The van der Waals surface area contributed by atoms with Crippen molar-refractivity contribution >= 4 is 23.6 Å². The Balaban J connectivity index is 1.59. The molecule has 0 amide bonds. The van der Waals surface area contributed by atoms with E-state index in [0.717, 1.165) is 12.0 Å². The summed E-state index contributed by atoms with van der Waals surface area (Å²) in [6.07, 6.45) is 13.4. The number of ketones is 2. The lowest BCUT2D eigenvalue weighted by atomic mass is 9.51. The van der Waals surface area contributed by atoms with E-state index in [1.807, 2.05) is 52.8 Å². The van der Waals surface area contributed by atoms with Gasteiger partial charge in [-0.1, -0.05) is 35.5 Å². The van der Waals surface area contributed by atoms with E-state index < -0.39 is 40.1 Å². The highest BCUT2D eigenvalue weighted by molar-refractivity contribution is 6.19. The fourth-order valence-corrected chi connectivity index (χ4v) is 8.17. The minimum Gasteiger partial charge on any atom is -0.506 e. The number of carbonyl (C=O) groups excluding carboxylic acids is 2. The van der Waals surface area contributed by atoms with E-state index in [0.29, 0.717) is 41.7 Å². The number of carboxylic acid groups (broad SMARTS) is 1. The molecule has 3 aliphatic carbocycles. The minimum absolute atomic E-state index is 0.0544. The number of fused-ring (bicyclic) bond motifs is 2. The van der Waals surface area contributed by atoms with E-state index in [1.165, 1.54) is 18.6 Å². The number of phenolic OH excluding ortho intramolecular Hbond substituents is 1. The number of rotatable bonds is 8. The largest absolute Gasteiger partial charge is 0.506 e. The molecule has 0 aromatic heterocycles. The van der Waals surface area contributed by atoms with Gasteiger partial charge in [0.25, 0.3) is 0 Å². The molecule has 1 aromatic rings. The van der Waals surface area contributed by atoms with Crippen LogP contribution >= 0.6 is 0 Å². The highest BCUT2D eigenvalue weighted by Crippen LogP contribution is 2.68. The second-order valence-electron chi connectivity index (χ2n) is 14.8. The smallest absolute Gasteiger partial charge is 0.330 e. The van der Waals surface area contributed by atoms with Crippen LogP contribution < -0.4 is 9.47 Å². The topological polar surface area (TPSA) is 119 Å². The highest BCUT2D eigenvalue weighted by atomic mass is 16.6. The van der Waals surface area contributed by atoms with Crippen LogP contribution in [0.3, 0.4) is 0 Å². The van der Waals surface area contributed by atoms with Crippen LogP contribution in [0.2, 0.25) is 0 Å². The molecule has 0 unspecified atom stereocenters. The molecule has 3 aliphatic heterocycles. The molecule has 4 bridgehead atoms. The summed E-state index contributed by atoms with van der Waals surface area (Å²) in [4.78, 5) is 40.8. The number of carboxylic acids is 1. The summed E-state index contributed by atoms with van der Waals surface area (Å²) in [6.45, 7) is 15.4. The Morgan fingerprint density at radius 1 is 1.00 bits per heavy atom. The van der Waals surface area contributed by atoms with Crippen molar-refractivity contribution < 1.29 is 38.8 Å². The zero-order chi connectivity index (χ0) is 33.6. The van der Waals surface area contributed by atoms with Crippen molar-refractivity contribution in [1.29, 1.82) is 0 Å². The van der Waals surface area contributed by atoms with Crippen LogP contribution in [0.1, 0.15) is 103 Å². The number of aliphatic carboxylic acids is 1. The average Bonchev–Trinajstić information content (AvgIpc) is 3.12. The third kappa shape index (κ3) is 4.47. The zero-order valence-corrected chi connectivity index (χ0v) is 28.0. The first-order chi connectivity index (χ1) is 21.5. The predicted molar refractivity (Wildman–Crippen MR) is 174 cm³/mol. The molecule has 2 N–H and O–H groups in total. The number of carbonyl (C=O) groups is 3. The van der Waals surface area contributed by atoms with Crippen LogP contribution in [-0.2, 0) is 20.7 Å². The molecule has 8 heteroatoms. The number of hydrogen-bond donors (Lipinski definition) is 2. The summed E-state index contributed by atoms with van der Waals surface area (Å²) < 4.78 is 20.6. The summed E-state index contributed by atoms with van der Waals surface area (Å²) >= 11 is 0. The van der Waals surface area contributed by atoms with Crippen molar-refractivity contribution in [3.63, 3.8) is 0 Å². The number of Topliss-reactive ketones (excluding diaryl/α,β-unsaturated/α-hetero) is 2. The van der Waals surface area contributed by atoms with Gasteiger partial charge in [0.1, 0.15) is 28.4 Å². The molecule has 244 valence electrons.